The van der Waals surface area contributed by atoms with Crippen LogP contribution in [0, 0.1) is 5.92 Å². The molecule has 1 aliphatic heterocycles. The van der Waals surface area contributed by atoms with Gasteiger partial charge in [0.2, 0.25) is 15.9 Å². The van der Waals surface area contributed by atoms with Crippen LogP contribution in [0.1, 0.15) is 36.5 Å². The summed E-state index contributed by atoms with van der Waals surface area (Å²) in [6.07, 6.45) is 4.42. The molecule has 2 fully saturated rings. The Kier molecular flexibility index (Phi) is 5.58. The lowest BCUT2D eigenvalue weighted by Crippen LogP contribution is -2.36. The van der Waals surface area contributed by atoms with E-state index >= 15 is 0 Å². The minimum atomic E-state index is -3.20. The van der Waals surface area contributed by atoms with Crippen LogP contribution in [0.5, 0.6) is 0 Å². The summed E-state index contributed by atoms with van der Waals surface area (Å²) < 4.78 is 25.7. The third-order valence-corrected chi connectivity index (χ3v) is 7.46. The number of carbonyl (C=O) groups excluding carboxylic acids is 1. The van der Waals surface area contributed by atoms with Crippen molar-refractivity contribution in [1.82, 2.24) is 9.62 Å². The zero-order chi connectivity index (χ0) is 19.7. The molecule has 0 spiro atoms. The number of rotatable bonds is 5. The van der Waals surface area contributed by atoms with Gasteiger partial charge in [-0.25, -0.2) is 13.1 Å². The fourth-order valence-electron chi connectivity index (χ4n) is 4.19. The monoisotopic (exact) mass is 418 g/mol. The first-order valence-corrected chi connectivity index (χ1v) is 12.6. The number of benzene rings is 1. The van der Waals surface area contributed by atoms with Crippen molar-refractivity contribution in [1.29, 1.82) is 0 Å². The van der Waals surface area contributed by atoms with E-state index in [-0.39, 0.29) is 17.9 Å². The van der Waals surface area contributed by atoms with Crippen LogP contribution in [0.15, 0.2) is 41.8 Å². The molecule has 1 saturated carbocycles. The molecule has 1 aromatic heterocycles. The highest BCUT2D eigenvalue weighted by molar-refractivity contribution is 7.88. The average Bonchev–Trinajstić information content (AvgIpc) is 3.36. The first-order chi connectivity index (χ1) is 13.4. The molecule has 150 valence electrons. The van der Waals surface area contributed by atoms with Gasteiger partial charge in [-0.15, -0.1) is 11.3 Å². The molecule has 0 bridgehead atoms. The first-order valence-electron chi connectivity index (χ1n) is 9.81. The number of amides is 1. The quantitative estimate of drug-likeness (QED) is 0.809. The standard InChI is InChI=1S/C21H26N2O3S2/c1-28(25,26)22-16-8-5-11-23(12-9-16)21(24)19-14-18(19)20-17(10-13-27-20)15-6-3-2-4-7-15/h2-4,6-7,10,13,16,18-19,22H,5,8-9,11-12,14H2,1H3. The smallest absolute Gasteiger partial charge is 0.226 e. The predicted octanol–water partition coefficient (Wildman–Crippen LogP) is 3.45. The molecule has 3 atom stereocenters. The third-order valence-electron chi connectivity index (χ3n) is 5.64. The zero-order valence-electron chi connectivity index (χ0n) is 16.0. The molecule has 1 saturated heterocycles. The van der Waals surface area contributed by atoms with Crippen molar-refractivity contribution < 1.29 is 13.2 Å². The van der Waals surface area contributed by atoms with Crippen molar-refractivity contribution in [2.45, 2.75) is 37.6 Å². The number of hydrogen-bond donors (Lipinski definition) is 1. The van der Waals surface area contributed by atoms with Gasteiger partial charge in [-0.05, 0) is 48.3 Å². The summed E-state index contributed by atoms with van der Waals surface area (Å²) in [5, 5.41) is 2.12. The molecule has 1 aliphatic carbocycles. The average molecular weight is 419 g/mol. The van der Waals surface area contributed by atoms with E-state index in [2.05, 4.69) is 28.3 Å². The van der Waals surface area contributed by atoms with Crippen LogP contribution in [0.25, 0.3) is 11.1 Å². The molecular weight excluding hydrogens is 392 g/mol. The Morgan fingerprint density at radius 2 is 1.93 bits per heavy atom. The minimum absolute atomic E-state index is 0.0650. The van der Waals surface area contributed by atoms with Crippen LogP contribution in [0.2, 0.25) is 0 Å². The Hall–Kier alpha value is -1.70. The Labute approximate surface area is 170 Å². The fraction of sp³-hybridized carbons (Fsp3) is 0.476. The van der Waals surface area contributed by atoms with Gasteiger partial charge in [-0.3, -0.25) is 4.79 Å². The van der Waals surface area contributed by atoms with Gasteiger partial charge in [-0.1, -0.05) is 30.3 Å². The van der Waals surface area contributed by atoms with E-state index in [1.54, 1.807) is 11.3 Å². The molecule has 2 aromatic rings. The molecule has 1 N–H and O–H groups in total. The van der Waals surface area contributed by atoms with Crippen LogP contribution >= 0.6 is 11.3 Å². The maximum Gasteiger partial charge on any atom is 0.226 e. The van der Waals surface area contributed by atoms with Crippen LogP contribution in [0.4, 0.5) is 0 Å². The molecule has 28 heavy (non-hydrogen) atoms. The lowest BCUT2D eigenvalue weighted by molar-refractivity contribution is -0.132. The van der Waals surface area contributed by atoms with E-state index in [0.29, 0.717) is 18.9 Å². The van der Waals surface area contributed by atoms with E-state index in [1.807, 2.05) is 23.1 Å². The Bertz CT molecular complexity index is 940. The molecule has 7 heteroatoms. The molecule has 2 aliphatic rings. The van der Waals surface area contributed by atoms with E-state index in [4.69, 9.17) is 0 Å². The number of nitrogens with one attached hydrogen (secondary N) is 1. The van der Waals surface area contributed by atoms with Crippen molar-refractivity contribution >= 4 is 27.3 Å². The van der Waals surface area contributed by atoms with Crippen molar-refractivity contribution in [2.24, 2.45) is 5.92 Å². The van der Waals surface area contributed by atoms with Gasteiger partial charge >= 0.3 is 0 Å². The lowest BCUT2D eigenvalue weighted by Gasteiger charge is -2.21. The van der Waals surface area contributed by atoms with E-state index in [9.17, 15) is 13.2 Å². The second kappa shape index (κ2) is 7.97. The highest BCUT2D eigenvalue weighted by Crippen LogP contribution is 2.53. The van der Waals surface area contributed by atoms with Gasteiger partial charge in [0.05, 0.1) is 6.26 Å². The number of sulfonamides is 1. The fourth-order valence-corrected chi connectivity index (χ4v) is 6.13. The largest absolute Gasteiger partial charge is 0.342 e. The highest BCUT2D eigenvalue weighted by atomic mass is 32.2. The number of nitrogens with zero attached hydrogens (tertiary/aromatic N) is 1. The van der Waals surface area contributed by atoms with Crippen LogP contribution in [-0.4, -0.2) is 44.6 Å². The van der Waals surface area contributed by atoms with Crippen molar-refractivity contribution in [3.8, 4) is 11.1 Å². The molecule has 4 rings (SSSR count). The SMILES string of the molecule is CS(=O)(=O)NC1CCCN(C(=O)C2CC2c2sccc2-c2ccccc2)CC1. The summed E-state index contributed by atoms with van der Waals surface area (Å²) >= 11 is 1.75. The first kappa shape index (κ1) is 19.6. The summed E-state index contributed by atoms with van der Waals surface area (Å²) in [7, 11) is -3.20. The summed E-state index contributed by atoms with van der Waals surface area (Å²) in [4.78, 5) is 16.3. The molecule has 0 radical (unpaired) electrons. The van der Waals surface area contributed by atoms with Crippen LogP contribution in [0.3, 0.4) is 0 Å². The van der Waals surface area contributed by atoms with Crippen LogP contribution < -0.4 is 4.72 Å². The summed E-state index contributed by atoms with van der Waals surface area (Å²) in [6, 6.07) is 12.4. The summed E-state index contributed by atoms with van der Waals surface area (Å²) in [5.41, 5.74) is 2.46. The molecular formula is C21H26N2O3S2. The number of hydrogen-bond acceptors (Lipinski definition) is 4. The van der Waals surface area contributed by atoms with Crippen molar-refractivity contribution in [3.05, 3.63) is 46.7 Å². The second-order valence-corrected chi connectivity index (χ2v) is 10.6. The highest BCUT2D eigenvalue weighted by Gasteiger charge is 2.47. The van der Waals surface area contributed by atoms with Crippen LogP contribution in [-0.2, 0) is 14.8 Å². The normalized spacial score (nSPS) is 25.3. The second-order valence-electron chi connectivity index (χ2n) is 7.86. The Morgan fingerprint density at radius 1 is 1.14 bits per heavy atom. The zero-order valence-corrected chi connectivity index (χ0v) is 17.6. The maximum atomic E-state index is 13.1. The molecule has 1 aromatic carbocycles. The Balaban J connectivity index is 1.40. The maximum absolute atomic E-state index is 13.1. The Morgan fingerprint density at radius 3 is 2.68 bits per heavy atom. The van der Waals surface area contributed by atoms with E-state index in [1.165, 1.54) is 22.3 Å². The van der Waals surface area contributed by atoms with E-state index < -0.39 is 10.0 Å². The predicted molar refractivity (Wildman–Crippen MR) is 113 cm³/mol. The minimum Gasteiger partial charge on any atom is -0.342 e. The molecule has 5 nitrogen and oxygen atoms in total. The molecule has 1 amide bonds. The van der Waals surface area contributed by atoms with Gasteiger partial charge in [0.1, 0.15) is 0 Å². The van der Waals surface area contributed by atoms with E-state index in [0.717, 1.165) is 25.8 Å². The summed E-state index contributed by atoms with van der Waals surface area (Å²) in [6.45, 7) is 1.35. The number of carbonyl (C=O) groups is 1. The van der Waals surface area contributed by atoms with Gasteiger partial charge < -0.3 is 4.90 Å². The lowest BCUT2D eigenvalue weighted by atomic mass is 10.0. The van der Waals surface area contributed by atoms with Gasteiger partial charge in [0.15, 0.2) is 0 Å². The summed E-state index contributed by atoms with van der Waals surface area (Å²) in [5.74, 6) is 0.619. The third kappa shape index (κ3) is 4.47. The molecule has 2 heterocycles. The number of likely N-dealkylation sites (tertiary alicyclic amines) is 1. The van der Waals surface area contributed by atoms with Gasteiger partial charge in [0, 0.05) is 35.8 Å². The van der Waals surface area contributed by atoms with Gasteiger partial charge in [0.25, 0.3) is 0 Å². The number of thiophene rings is 1. The van der Waals surface area contributed by atoms with Crippen molar-refractivity contribution in [3.63, 3.8) is 0 Å². The topological polar surface area (TPSA) is 66.5 Å². The molecule has 3 unspecified atom stereocenters. The van der Waals surface area contributed by atoms with Gasteiger partial charge in [-0.2, -0.15) is 0 Å². The van der Waals surface area contributed by atoms with Crippen molar-refractivity contribution in [2.75, 3.05) is 19.3 Å².